The van der Waals surface area contributed by atoms with Crippen LogP contribution in [-0.2, 0) is 4.79 Å². The van der Waals surface area contributed by atoms with Crippen LogP contribution < -0.4 is 5.32 Å². The predicted octanol–water partition coefficient (Wildman–Crippen LogP) is 2.10. The Bertz CT molecular complexity index is 481. The number of nitrogens with one attached hydrogen (secondary N) is 1. The van der Waals surface area contributed by atoms with E-state index in [1.54, 1.807) is 35.7 Å². The lowest BCUT2D eigenvalue weighted by molar-refractivity contribution is -0.143. The number of hydrogen-bond donors (Lipinski definition) is 2. The van der Waals surface area contributed by atoms with E-state index in [1.165, 1.54) is 0 Å². The van der Waals surface area contributed by atoms with Gasteiger partial charge in [0.15, 0.2) is 0 Å². The molecule has 0 aromatic heterocycles. The topological polar surface area (TPSA) is 66.4 Å². The normalized spacial score (nSPS) is 22.2. The Kier molecular flexibility index (Phi) is 4.42. The molecular formula is C13H15NO3S2. The summed E-state index contributed by atoms with van der Waals surface area (Å²) in [4.78, 5) is 24.5. The van der Waals surface area contributed by atoms with Gasteiger partial charge in [-0.2, -0.15) is 11.8 Å². The van der Waals surface area contributed by atoms with Crippen molar-refractivity contribution in [3.63, 3.8) is 0 Å². The van der Waals surface area contributed by atoms with Crippen LogP contribution in [0.4, 0.5) is 0 Å². The lowest BCUT2D eigenvalue weighted by Crippen LogP contribution is -2.54. The van der Waals surface area contributed by atoms with E-state index in [0.29, 0.717) is 17.7 Å². The Balaban J connectivity index is 2.13. The van der Waals surface area contributed by atoms with Crippen LogP contribution in [0.15, 0.2) is 29.2 Å². The number of amides is 1. The summed E-state index contributed by atoms with van der Waals surface area (Å²) in [6, 6.07) is 7.16. The maximum absolute atomic E-state index is 12.1. The van der Waals surface area contributed by atoms with E-state index in [2.05, 4.69) is 5.32 Å². The smallest absolute Gasteiger partial charge is 0.330 e. The monoisotopic (exact) mass is 297 g/mol. The van der Waals surface area contributed by atoms with E-state index in [9.17, 15) is 14.7 Å². The van der Waals surface area contributed by atoms with Crippen LogP contribution in [0, 0.1) is 0 Å². The molecule has 0 radical (unpaired) electrons. The van der Waals surface area contributed by atoms with Crippen molar-refractivity contribution in [1.82, 2.24) is 5.32 Å². The van der Waals surface area contributed by atoms with Crippen molar-refractivity contribution >= 4 is 35.4 Å². The van der Waals surface area contributed by atoms with Crippen molar-refractivity contribution in [3.8, 4) is 0 Å². The SMILES string of the molecule is CSc1ccc(C(=O)NC2(C(=O)O)CCSC2)cc1. The van der Waals surface area contributed by atoms with Gasteiger partial charge in [-0.1, -0.05) is 0 Å². The lowest BCUT2D eigenvalue weighted by Gasteiger charge is -2.24. The van der Waals surface area contributed by atoms with Crippen molar-refractivity contribution in [2.24, 2.45) is 0 Å². The second-order valence-electron chi connectivity index (χ2n) is 4.37. The number of benzene rings is 1. The van der Waals surface area contributed by atoms with E-state index in [-0.39, 0.29) is 5.91 Å². The highest BCUT2D eigenvalue weighted by Crippen LogP contribution is 2.28. The van der Waals surface area contributed by atoms with E-state index in [1.807, 2.05) is 18.4 Å². The highest BCUT2D eigenvalue weighted by atomic mass is 32.2. The summed E-state index contributed by atoms with van der Waals surface area (Å²) in [5.74, 6) is -0.0845. The van der Waals surface area contributed by atoms with E-state index >= 15 is 0 Å². The molecule has 0 aliphatic carbocycles. The first-order valence-electron chi connectivity index (χ1n) is 5.85. The minimum absolute atomic E-state index is 0.322. The zero-order chi connectivity index (χ0) is 13.9. The molecule has 2 N–H and O–H groups in total. The van der Waals surface area contributed by atoms with Gasteiger partial charge in [-0.25, -0.2) is 4.79 Å². The molecule has 2 rings (SSSR count). The first-order chi connectivity index (χ1) is 9.07. The molecule has 0 bridgehead atoms. The van der Waals surface area contributed by atoms with Crippen LogP contribution in [-0.4, -0.2) is 40.3 Å². The highest BCUT2D eigenvalue weighted by molar-refractivity contribution is 7.99. The summed E-state index contributed by atoms with van der Waals surface area (Å²) >= 11 is 3.15. The van der Waals surface area contributed by atoms with Gasteiger partial charge < -0.3 is 10.4 Å². The Morgan fingerprint density at radius 1 is 1.37 bits per heavy atom. The largest absolute Gasteiger partial charge is 0.479 e. The number of carboxylic acids is 1. The van der Waals surface area contributed by atoms with Gasteiger partial charge in [0, 0.05) is 16.2 Å². The third-order valence-electron chi connectivity index (χ3n) is 3.14. The molecule has 1 fully saturated rings. The summed E-state index contributed by atoms with van der Waals surface area (Å²) in [7, 11) is 0. The third kappa shape index (κ3) is 3.06. The lowest BCUT2D eigenvalue weighted by atomic mass is 9.98. The standard InChI is InChI=1S/C13H15NO3S2/c1-18-10-4-2-9(3-5-10)11(15)14-13(12(16)17)6-7-19-8-13/h2-5H,6-8H2,1H3,(H,14,15)(H,16,17). The number of thioether (sulfide) groups is 2. The van der Waals surface area contributed by atoms with Gasteiger partial charge in [-0.05, 0) is 42.7 Å². The van der Waals surface area contributed by atoms with E-state index < -0.39 is 11.5 Å². The molecule has 1 saturated heterocycles. The van der Waals surface area contributed by atoms with Crippen molar-refractivity contribution in [2.75, 3.05) is 17.8 Å². The molecule has 0 saturated carbocycles. The van der Waals surface area contributed by atoms with Gasteiger partial charge in [-0.3, -0.25) is 4.79 Å². The van der Waals surface area contributed by atoms with Crippen LogP contribution in [0.5, 0.6) is 0 Å². The van der Waals surface area contributed by atoms with Crippen LogP contribution in [0.25, 0.3) is 0 Å². The first kappa shape index (κ1) is 14.3. The fourth-order valence-electron chi connectivity index (χ4n) is 1.92. The second-order valence-corrected chi connectivity index (χ2v) is 6.36. The zero-order valence-electron chi connectivity index (χ0n) is 10.5. The average Bonchev–Trinajstić information content (AvgIpc) is 2.88. The molecule has 1 aromatic rings. The minimum Gasteiger partial charge on any atom is -0.479 e. The molecule has 1 unspecified atom stereocenters. The average molecular weight is 297 g/mol. The summed E-state index contributed by atoms with van der Waals surface area (Å²) in [6.07, 6.45) is 2.44. The molecule has 1 amide bonds. The van der Waals surface area contributed by atoms with Crippen molar-refractivity contribution in [1.29, 1.82) is 0 Å². The highest BCUT2D eigenvalue weighted by Gasteiger charge is 2.43. The zero-order valence-corrected chi connectivity index (χ0v) is 12.1. The molecule has 1 aliphatic rings. The molecule has 0 spiro atoms. The molecule has 1 heterocycles. The van der Waals surface area contributed by atoms with Crippen molar-refractivity contribution in [2.45, 2.75) is 16.9 Å². The second kappa shape index (κ2) is 5.88. The summed E-state index contributed by atoms with van der Waals surface area (Å²) < 4.78 is 0. The fraction of sp³-hybridized carbons (Fsp3) is 0.385. The van der Waals surface area contributed by atoms with E-state index in [0.717, 1.165) is 10.6 Å². The van der Waals surface area contributed by atoms with Crippen molar-refractivity contribution in [3.05, 3.63) is 29.8 Å². The summed E-state index contributed by atoms with van der Waals surface area (Å²) in [5, 5.41) is 12.0. The van der Waals surface area contributed by atoms with Crippen LogP contribution in [0.2, 0.25) is 0 Å². The first-order valence-corrected chi connectivity index (χ1v) is 8.23. The predicted molar refractivity (Wildman–Crippen MR) is 78.0 cm³/mol. The molecule has 1 atom stereocenters. The fourth-order valence-corrected chi connectivity index (χ4v) is 3.65. The molecule has 1 aliphatic heterocycles. The molecule has 6 heteroatoms. The Morgan fingerprint density at radius 2 is 2.05 bits per heavy atom. The molecule has 4 nitrogen and oxygen atoms in total. The van der Waals surface area contributed by atoms with E-state index in [4.69, 9.17) is 0 Å². The van der Waals surface area contributed by atoms with Gasteiger partial charge in [0.25, 0.3) is 5.91 Å². The maximum Gasteiger partial charge on any atom is 0.330 e. The Morgan fingerprint density at radius 3 is 2.53 bits per heavy atom. The number of hydrogen-bond acceptors (Lipinski definition) is 4. The van der Waals surface area contributed by atoms with Gasteiger partial charge >= 0.3 is 5.97 Å². The maximum atomic E-state index is 12.1. The van der Waals surface area contributed by atoms with Crippen LogP contribution >= 0.6 is 23.5 Å². The van der Waals surface area contributed by atoms with Crippen LogP contribution in [0.1, 0.15) is 16.8 Å². The summed E-state index contributed by atoms with van der Waals surface area (Å²) in [5.41, 5.74) is -0.616. The Hall–Kier alpha value is -1.14. The number of aliphatic carboxylic acids is 1. The number of carboxylic acid groups (broad SMARTS) is 1. The minimum atomic E-state index is -1.11. The van der Waals surface area contributed by atoms with Crippen LogP contribution in [0.3, 0.4) is 0 Å². The molecule has 1 aromatic carbocycles. The van der Waals surface area contributed by atoms with Crippen molar-refractivity contribution < 1.29 is 14.7 Å². The molecule has 19 heavy (non-hydrogen) atoms. The third-order valence-corrected chi connectivity index (χ3v) is 5.07. The van der Waals surface area contributed by atoms with Gasteiger partial charge in [0.1, 0.15) is 5.54 Å². The molecular weight excluding hydrogens is 282 g/mol. The molecule has 102 valence electrons. The van der Waals surface area contributed by atoms with Gasteiger partial charge in [0.2, 0.25) is 0 Å². The van der Waals surface area contributed by atoms with Gasteiger partial charge in [-0.15, -0.1) is 11.8 Å². The number of rotatable bonds is 4. The van der Waals surface area contributed by atoms with Gasteiger partial charge in [0.05, 0.1) is 0 Å². The Labute approximate surface area is 120 Å². The number of carbonyl (C=O) groups excluding carboxylic acids is 1. The quantitative estimate of drug-likeness (QED) is 0.833. The summed E-state index contributed by atoms with van der Waals surface area (Å²) in [6.45, 7) is 0. The number of carbonyl (C=O) groups is 2.